The molecule has 2 unspecified atom stereocenters. The number of hydrogen-bond donors (Lipinski definition) is 3. The number of nitrogens with one attached hydrogen (secondary N) is 2. The SMILES string of the molecule is COc1ccc(-c2nn[nH]n2)cc1C(=O)N1CCC(CCN2CCC(C(=O)NN3CCCC(C(=O)O)C3)(c3ccccc3)CC2)(c2ccc(Cl)c(Cl)c2)C1. The van der Waals surface area contributed by atoms with Gasteiger partial charge in [0.2, 0.25) is 11.7 Å². The zero-order chi connectivity index (χ0) is 37.9. The molecule has 0 saturated carbocycles. The van der Waals surface area contributed by atoms with Gasteiger partial charge in [0.05, 0.1) is 34.1 Å². The number of nitrogens with zero attached hydrogens (tertiary/aromatic N) is 6. The van der Waals surface area contributed by atoms with Crippen molar-refractivity contribution in [2.24, 2.45) is 5.92 Å². The molecular formula is C39H44Cl2N8O5. The molecule has 0 radical (unpaired) electrons. The molecule has 3 aliphatic heterocycles. The molecule has 2 amide bonds. The van der Waals surface area contributed by atoms with E-state index in [2.05, 4.69) is 30.9 Å². The van der Waals surface area contributed by atoms with E-state index in [0.717, 1.165) is 30.5 Å². The maximum absolute atomic E-state index is 14.2. The molecule has 3 fully saturated rings. The number of piperidine rings is 2. The van der Waals surface area contributed by atoms with Crippen LogP contribution in [-0.2, 0) is 20.4 Å². The van der Waals surface area contributed by atoms with Crippen LogP contribution in [0.15, 0.2) is 66.7 Å². The average molecular weight is 776 g/mol. The van der Waals surface area contributed by atoms with Crippen LogP contribution in [0.4, 0.5) is 0 Å². The minimum Gasteiger partial charge on any atom is -0.496 e. The lowest BCUT2D eigenvalue weighted by molar-refractivity contribution is -0.146. The molecule has 4 aromatic rings. The van der Waals surface area contributed by atoms with Crippen LogP contribution in [0.2, 0.25) is 10.0 Å². The highest BCUT2D eigenvalue weighted by atomic mass is 35.5. The number of tetrazole rings is 1. The molecule has 4 heterocycles. The van der Waals surface area contributed by atoms with Gasteiger partial charge in [-0.05, 0) is 105 Å². The molecule has 15 heteroatoms. The molecule has 13 nitrogen and oxygen atoms in total. The number of halogens is 2. The fraction of sp³-hybridized carbons (Fsp3) is 0.436. The molecule has 284 valence electrons. The number of hydrogen-bond acceptors (Lipinski definition) is 9. The summed E-state index contributed by atoms with van der Waals surface area (Å²) >= 11 is 13.0. The molecular weight excluding hydrogens is 731 g/mol. The first-order valence-corrected chi connectivity index (χ1v) is 19.1. The van der Waals surface area contributed by atoms with Gasteiger partial charge < -0.3 is 19.6 Å². The van der Waals surface area contributed by atoms with Crippen LogP contribution in [0.3, 0.4) is 0 Å². The highest BCUT2D eigenvalue weighted by molar-refractivity contribution is 6.42. The van der Waals surface area contributed by atoms with Crippen LogP contribution in [0.25, 0.3) is 11.4 Å². The first kappa shape index (κ1) is 37.7. The molecule has 3 aromatic carbocycles. The minimum absolute atomic E-state index is 0.0876. The van der Waals surface area contributed by atoms with Crippen molar-refractivity contribution >= 4 is 41.0 Å². The fourth-order valence-electron chi connectivity index (χ4n) is 8.39. The Balaban J connectivity index is 1.08. The van der Waals surface area contributed by atoms with E-state index >= 15 is 0 Å². The van der Waals surface area contributed by atoms with E-state index in [9.17, 15) is 19.5 Å². The third kappa shape index (κ3) is 7.68. The van der Waals surface area contributed by atoms with Crippen LogP contribution in [0, 0.1) is 5.92 Å². The average Bonchev–Trinajstić information content (AvgIpc) is 3.90. The van der Waals surface area contributed by atoms with Crippen molar-refractivity contribution in [2.75, 3.05) is 52.9 Å². The van der Waals surface area contributed by atoms with Crippen molar-refractivity contribution in [1.29, 1.82) is 0 Å². The predicted octanol–water partition coefficient (Wildman–Crippen LogP) is 5.22. The number of rotatable bonds is 11. The van der Waals surface area contributed by atoms with Crippen molar-refractivity contribution in [3.05, 3.63) is 93.5 Å². The van der Waals surface area contributed by atoms with Crippen LogP contribution < -0.4 is 10.2 Å². The van der Waals surface area contributed by atoms with E-state index in [-0.39, 0.29) is 11.8 Å². The summed E-state index contributed by atoms with van der Waals surface area (Å²) in [5.74, 6) is -0.730. The highest BCUT2D eigenvalue weighted by Crippen LogP contribution is 2.43. The lowest BCUT2D eigenvalue weighted by Crippen LogP contribution is -2.57. The van der Waals surface area contributed by atoms with Crippen molar-refractivity contribution in [1.82, 2.24) is 40.9 Å². The van der Waals surface area contributed by atoms with Gasteiger partial charge in [0.1, 0.15) is 5.75 Å². The molecule has 7 rings (SSSR count). The van der Waals surface area contributed by atoms with Crippen LogP contribution in [0.1, 0.15) is 60.0 Å². The standard InChI is InChI=1S/C39H44Cl2N8O5/c1-54-33-12-9-26(34-42-45-46-43-34)22-30(33)35(50)48-21-14-38(25-48,29-10-11-31(40)32(41)23-29)13-18-47-19-15-39(16-20-47,28-7-3-2-4-8-28)37(53)44-49-17-5-6-27(24-49)36(51)52/h2-4,7-12,22-23,27H,5-6,13-21,24-25H2,1H3,(H,44,53)(H,51,52)(H,42,43,45,46). The van der Waals surface area contributed by atoms with Crippen LogP contribution >= 0.6 is 23.2 Å². The second-order valence-electron chi connectivity index (χ2n) is 14.6. The van der Waals surface area contributed by atoms with Crippen LogP contribution in [0.5, 0.6) is 5.75 Å². The number of aromatic nitrogens is 4. The van der Waals surface area contributed by atoms with E-state index in [1.54, 1.807) is 30.3 Å². The van der Waals surface area contributed by atoms with Gasteiger partial charge >= 0.3 is 5.97 Å². The quantitative estimate of drug-likeness (QED) is 0.185. The van der Waals surface area contributed by atoms with Gasteiger partial charge in [-0.3, -0.25) is 19.8 Å². The Hall–Kier alpha value is -4.56. The zero-order valence-corrected chi connectivity index (χ0v) is 31.7. The molecule has 0 bridgehead atoms. The fourth-order valence-corrected chi connectivity index (χ4v) is 8.69. The molecule has 2 atom stereocenters. The number of carboxylic acid groups (broad SMARTS) is 1. The van der Waals surface area contributed by atoms with Gasteiger partial charge in [0.25, 0.3) is 5.91 Å². The van der Waals surface area contributed by atoms with Gasteiger partial charge in [0, 0.05) is 37.2 Å². The monoisotopic (exact) mass is 774 g/mol. The number of aromatic amines is 1. The first-order valence-electron chi connectivity index (χ1n) is 18.3. The number of carbonyl (C=O) groups is 3. The number of carbonyl (C=O) groups excluding carboxylic acids is 2. The number of hydrazine groups is 1. The van der Waals surface area contributed by atoms with Crippen molar-refractivity contribution in [2.45, 2.75) is 49.4 Å². The first-order chi connectivity index (χ1) is 26.1. The smallest absolute Gasteiger partial charge is 0.307 e. The number of aliphatic carboxylic acids is 1. The molecule has 3 aliphatic rings. The van der Waals surface area contributed by atoms with Gasteiger partial charge in [-0.2, -0.15) is 5.21 Å². The normalized spacial score (nSPS) is 21.8. The number of methoxy groups -OCH3 is 1. The summed E-state index contributed by atoms with van der Waals surface area (Å²) in [7, 11) is 1.54. The number of ether oxygens (including phenoxy) is 1. The Morgan fingerprint density at radius 2 is 1.76 bits per heavy atom. The lowest BCUT2D eigenvalue weighted by Gasteiger charge is -2.43. The molecule has 1 aromatic heterocycles. The van der Waals surface area contributed by atoms with E-state index in [1.807, 2.05) is 53.4 Å². The highest BCUT2D eigenvalue weighted by Gasteiger charge is 2.46. The summed E-state index contributed by atoms with van der Waals surface area (Å²) in [5, 5.41) is 26.6. The van der Waals surface area contributed by atoms with E-state index in [4.69, 9.17) is 27.9 Å². The second-order valence-corrected chi connectivity index (χ2v) is 15.5. The van der Waals surface area contributed by atoms with Gasteiger partial charge in [-0.1, -0.05) is 59.6 Å². The Morgan fingerprint density at radius 3 is 2.46 bits per heavy atom. The largest absolute Gasteiger partial charge is 0.496 e. The summed E-state index contributed by atoms with van der Waals surface area (Å²) in [6.07, 6.45) is 4.02. The molecule has 0 spiro atoms. The lowest BCUT2D eigenvalue weighted by atomic mass is 9.71. The summed E-state index contributed by atoms with van der Waals surface area (Å²) in [6, 6.07) is 20.9. The van der Waals surface area contributed by atoms with Gasteiger partial charge in [0.15, 0.2) is 0 Å². The number of likely N-dealkylation sites (tertiary alicyclic amines) is 2. The number of carboxylic acids is 1. The summed E-state index contributed by atoms with van der Waals surface area (Å²) < 4.78 is 5.61. The maximum atomic E-state index is 14.2. The Labute approximate surface area is 323 Å². The second kappa shape index (κ2) is 16.0. The number of H-pyrrole nitrogens is 1. The Morgan fingerprint density at radius 1 is 0.963 bits per heavy atom. The van der Waals surface area contributed by atoms with Gasteiger partial charge in [-0.15, -0.1) is 10.2 Å². The molecule has 3 saturated heterocycles. The summed E-state index contributed by atoms with van der Waals surface area (Å²) in [6.45, 7) is 4.06. The zero-order valence-electron chi connectivity index (χ0n) is 30.1. The summed E-state index contributed by atoms with van der Waals surface area (Å²) in [5.41, 5.74) is 5.02. The molecule has 54 heavy (non-hydrogen) atoms. The maximum Gasteiger partial charge on any atom is 0.307 e. The summed E-state index contributed by atoms with van der Waals surface area (Å²) in [4.78, 5) is 44.4. The third-order valence-electron chi connectivity index (χ3n) is 11.6. The minimum atomic E-state index is -0.831. The van der Waals surface area contributed by atoms with E-state index < -0.39 is 22.7 Å². The molecule has 3 N–H and O–H groups in total. The Bertz CT molecular complexity index is 1970. The Kier molecular flexibility index (Phi) is 11.2. The molecule has 0 aliphatic carbocycles. The van der Waals surface area contributed by atoms with Crippen molar-refractivity contribution < 1.29 is 24.2 Å². The number of amides is 2. The van der Waals surface area contributed by atoms with Crippen molar-refractivity contribution in [3.63, 3.8) is 0 Å². The number of benzene rings is 3. The van der Waals surface area contributed by atoms with Crippen LogP contribution in [-0.4, -0.2) is 111 Å². The topological polar surface area (TPSA) is 157 Å². The predicted molar refractivity (Wildman–Crippen MR) is 203 cm³/mol. The van der Waals surface area contributed by atoms with E-state index in [0.29, 0.717) is 97.7 Å². The van der Waals surface area contributed by atoms with Crippen molar-refractivity contribution in [3.8, 4) is 17.1 Å². The third-order valence-corrected chi connectivity index (χ3v) is 12.4. The van der Waals surface area contributed by atoms with E-state index in [1.165, 1.54) is 0 Å². The van der Waals surface area contributed by atoms with Gasteiger partial charge in [-0.25, -0.2) is 5.01 Å².